The monoisotopic (exact) mass is 380 g/mol. The number of benzene rings is 2. The van der Waals surface area contributed by atoms with Crippen molar-refractivity contribution in [1.82, 2.24) is 4.90 Å². The van der Waals surface area contributed by atoms with E-state index >= 15 is 0 Å². The van der Waals surface area contributed by atoms with E-state index in [9.17, 15) is 0 Å². The van der Waals surface area contributed by atoms with Gasteiger partial charge in [-0.2, -0.15) is 0 Å². The summed E-state index contributed by atoms with van der Waals surface area (Å²) < 4.78 is 0. The minimum Gasteiger partial charge on any atom is -0.369 e. The molecule has 0 saturated carbocycles. The highest BCUT2D eigenvalue weighted by atomic mass is 35.5. The van der Waals surface area contributed by atoms with E-state index in [4.69, 9.17) is 23.2 Å². The first-order valence-electron chi connectivity index (χ1n) is 8.32. The Balaban J connectivity index is 1.36. The second-order valence-corrected chi connectivity index (χ2v) is 8.01. The lowest BCUT2D eigenvalue weighted by molar-refractivity contribution is 0.259. The van der Waals surface area contributed by atoms with Crippen molar-refractivity contribution in [3.63, 3.8) is 0 Å². The van der Waals surface area contributed by atoms with Crippen LogP contribution in [-0.4, -0.2) is 43.4 Å². The highest BCUT2D eigenvalue weighted by Gasteiger charge is 2.16. The zero-order chi connectivity index (χ0) is 16.8. The molecule has 0 unspecified atom stereocenters. The standard InChI is InChI=1S/C19H22Cl2N2S/c20-16-5-7-19(8-6-16)24-14-2-9-22-10-12-23(13-11-22)18-4-1-3-17(21)15-18/h1,3-8,15H,2,9-14H2. The van der Waals surface area contributed by atoms with Crippen molar-refractivity contribution in [2.24, 2.45) is 0 Å². The summed E-state index contributed by atoms with van der Waals surface area (Å²) in [6, 6.07) is 16.3. The van der Waals surface area contributed by atoms with Crippen LogP contribution in [0.1, 0.15) is 6.42 Å². The van der Waals surface area contributed by atoms with Gasteiger partial charge in [0.15, 0.2) is 0 Å². The molecule has 1 saturated heterocycles. The minimum absolute atomic E-state index is 0.803. The summed E-state index contributed by atoms with van der Waals surface area (Å²) in [6.07, 6.45) is 1.21. The van der Waals surface area contributed by atoms with Gasteiger partial charge in [0, 0.05) is 46.8 Å². The Labute approximate surface area is 158 Å². The summed E-state index contributed by atoms with van der Waals surface area (Å²) in [5, 5.41) is 1.62. The molecule has 0 aromatic heterocycles. The van der Waals surface area contributed by atoms with Crippen LogP contribution in [-0.2, 0) is 0 Å². The first-order chi connectivity index (χ1) is 11.7. The number of hydrogen-bond acceptors (Lipinski definition) is 3. The van der Waals surface area contributed by atoms with E-state index < -0.39 is 0 Å². The molecule has 24 heavy (non-hydrogen) atoms. The number of anilines is 1. The number of rotatable bonds is 6. The summed E-state index contributed by atoms with van der Waals surface area (Å²) in [4.78, 5) is 6.28. The van der Waals surface area contributed by atoms with Gasteiger partial charge in [-0.1, -0.05) is 29.3 Å². The fourth-order valence-electron chi connectivity index (χ4n) is 2.91. The van der Waals surface area contributed by atoms with Crippen LogP contribution in [0.3, 0.4) is 0 Å². The zero-order valence-electron chi connectivity index (χ0n) is 13.6. The van der Waals surface area contributed by atoms with E-state index in [-0.39, 0.29) is 0 Å². The van der Waals surface area contributed by atoms with E-state index in [1.54, 1.807) is 0 Å². The molecule has 0 atom stereocenters. The Kier molecular flexibility index (Phi) is 6.73. The predicted molar refractivity (Wildman–Crippen MR) is 107 cm³/mol. The third-order valence-electron chi connectivity index (χ3n) is 4.25. The number of hydrogen-bond donors (Lipinski definition) is 0. The lowest BCUT2D eigenvalue weighted by Gasteiger charge is -2.36. The first kappa shape index (κ1) is 17.9. The number of halogens is 2. The van der Waals surface area contributed by atoms with Crippen LogP contribution in [0.4, 0.5) is 5.69 Å². The fourth-order valence-corrected chi connectivity index (χ4v) is 4.06. The Morgan fingerprint density at radius 1 is 0.875 bits per heavy atom. The van der Waals surface area contributed by atoms with Crippen LogP contribution in [0, 0.1) is 0 Å². The summed E-state index contributed by atoms with van der Waals surface area (Å²) in [5.74, 6) is 1.15. The average molecular weight is 381 g/mol. The van der Waals surface area contributed by atoms with E-state index in [1.807, 2.05) is 36.0 Å². The molecular weight excluding hydrogens is 359 g/mol. The Bertz CT molecular complexity index is 640. The molecule has 1 heterocycles. The van der Waals surface area contributed by atoms with Crippen molar-refractivity contribution in [3.05, 3.63) is 58.6 Å². The van der Waals surface area contributed by atoms with Crippen LogP contribution in [0.25, 0.3) is 0 Å². The van der Waals surface area contributed by atoms with Gasteiger partial charge in [0.05, 0.1) is 0 Å². The van der Waals surface area contributed by atoms with E-state index in [0.717, 1.165) is 42.0 Å². The van der Waals surface area contributed by atoms with Gasteiger partial charge in [0.2, 0.25) is 0 Å². The molecule has 2 aromatic rings. The maximum atomic E-state index is 6.09. The minimum atomic E-state index is 0.803. The van der Waals surface area contributed by atoms with E-state index in [2.05, 4.69) is 34.1 Å². The Morgan fingerprint density at radius 3 is 2.33 bits per heavy atom. The Hall–Kier alpha value is -0.870. The summed E-state index contributed by atoms with van der Waals surface area (Å²) >= 11 is 13.9. The van der Waals surface area contributed by atoms with Crippen molar-refractivity contribution in [3.8, 4) is 0 Å². The summed E-state index contributed by atoms with van der Waals surface area (Å²) in [5.41, 5.74) is 1.24. The quantitative estimate of drug-likeness (QED) is 0.495. The van der Waals surface area contributed by atoms with Crippen molar-refractivity contribution in [2.75, 3.05) is 43.4 Å². The highest BCUT2D eigenvalue weighted by Crippen LogP contribution is 2.22. The van der Waals surface area contributed by atoms with Crippen molar-refractivity contribution in [1.29, 1.82) is 0 Å². The normalized spacial score (nSPS) is 15.7. The number of nitrogens with zero attached hydrogens (tertiary/aromatic N) is 2. The lowest BCUT2D eigenvalue weighted by atomic mass is 10.2. The molecule has 0 spiro atoms. The number of thioether (sulfide) groups is 1. The SMILES string of the molecule is Clc1ccc(SCCCN2CCN(c3cccc(Cl)c3)CC2)cc1. The summed E-state index contributed by atoms with van der Waals surface area (Å²) in [7, 11) is 0. The fraction of sp³-hybridized carbons (Fsp3) is 0.368. The molecule has 1 aliphatic rings. The van der Waals surface area contributed by atoms with Crippen LogP contribution in [0.5, 0.6) is 0 Å². The zero-order valence-corrected chi connectivity index (χ0v) is 16.0. The van der Waals surface area contributed by atoms with Gasteiger partial charge >= 0.3 is 0 Å². The van der Waals surface area contributed by atoms with Gasteiger partial charge in [-0.3, -0.25) is 4.90 Å². The molecule has 0 amide bonds. The third-order valence-corrected chi connectivity index (χ3v) is 5.83. The van der Waals surface area contributed by atoms with E-state index in [1.165, 1.54) is 23.5 Å². The van der Waals surface area contributed by atoms with E-state index in [0.29, 0.717) is 0 Å². The molecule has 1 fully saturated rings. The molecule has 2 nitrogen and oxygen atoms in total. The largest absolute Gasteiger partial charge is 0.369 e. The van der Waals surface area contributed by atoms with Gasteiger partial charge in [-0.25, -0.2) is 0 Å². The van der Waals surface area contributed by atoms with Crippen LogP contribution in [0.2, 0.25) is 10.0 Å². The molecule has 2 aromatic carbocycles. The van der Waals surface area contributed by atoms with Gasteiger partial charge in [-0.05, 0) is 61.2 Å². The smallest absolute Gasteiger partial charge is 0.0426 e. The van der Waals surface area contributed by atoms with Gasteiger partial charge < -0.3 is 4.90 Å². The molecule has 128 valence electrons. The molecule has 0 aliphatic carbocycles. The molecule has 0 radical (unpaired) electrons. The van der Waals surface area contributed by atoms with Crippen molar-refractivity contribution in [2.45, 2.75) is 11.3 Å². The Morgan fingerprint density at radius 2 is 1.62 bits per heavy atom. The van der Waals surface area contributed by atoms with Crippen LogP contribution in [0.15, 0.2) is 53.4 Å². The molecule has 0 bridgehead atoms. The lowest BCUT2D eigenvalue weighted by Crippen LogP contribution is -2.46. The van der Waals surface area contributed by atoms with Crippen LogP contribution >= 0.6 is 35.0 Å². The molecule has 3 rings (SSSR count). The number of piperazine rings is 1. The second-order valence-electron chi connectivity index (χ2n) is 5.96. The summed E-state index contributed by atoms with van der Waals surface area (Å²) in [6.45, 7) is 5.57. The maximum Gasteiger partial charge on any atom is 0.0426 e. The molecule has 5 heteroatoms. The van der Waals surface area contributed by atoms with Crippen molar-refractivity contribution >= 4 is 40.7 Å². The molecule has 0 N–H and O–H groups in total. The maximum absolute atomic E-state index is 6.09. The topological polar surface area (TPSA) is 6.48 Å². The third kappa shape index (κ3) is 5.32. The van der Waals surface area contributed by atoms with Gasteiger partial charge in [0.1, 0.15) is 0 Å². The van der Waals surface area contributed by atoms with Crippen molar-refractivity contribution < 1.29 is 0 Å². The van der Waals surface area contributed by atoms with Crippen LogP contribution < -0.4 is 4.90 Å². The second kappa shape index (κ2) is 9.00. The van der Waals surface area contributed by atoms with Gasteiger partial charge in [-0.15, -0.1) is 11.8 Å². The van der Waals surface area contributed by atoms with Gasteiger partial charge in [0.25, 0.3) is 0 Å². The highest BCUT2D eigenvalue weighted by molar-refractivity contribution is 7.99. The molecular formula is C19H22Cl2N2S. The average Bonchev–Trinajstić information content (AvgIpc) is 2.61. The predicted octanol–water partition coefficient (Wildman–Crippen LogP) is 5.30. The molecule has 1 aliphatic heterocycles. The first-order valence-corrected chi connectivity index (χ1v) is 10.1.